The van der Waals surface area contributed by atoms with E-state index >= 15 is 0 Å². The molecule has 2 aliphatic heterocycles. The van der Waals surface area contributed by atoms with Crippen molar-refractivity contribution in [3.8, 4) is 11.3 Å². The first-order valence-electron chi connectivity index (χ1n) is 11.3. The van der Waals surface area contributed by atoms with E-state index in [2.05, 4.69) is 14.7 Å². The van der Waals surface area contributed by atoms with Crippen LogP contribution >= 0.6 is 0 Å². The minimum Gasteiger partial charge on any atom is -0.465 e. The molecule has 1 aromatic carbocycles. The lowest BCUT2D eigenvalue weighted by atomic mass is 9.77. The number of hydrogen-bond acceptors (Lipinski definition) is 6. The number of carboxylic acid groups (broad SMARTS) is 1. The molecule has 37 heavy (non-hydrogen) atoms. The van der Waals surface area contributed by atoms with Crippen LogP contribution in [0.3, 0.4) is 0 Å². The first kappa shape index (κ1) is 24.8. The summed E-state index contributed by atoms with van der Waals surface area (Å²) in [7, 11) is -4.30. The number of sulfonamides is 1. The first-order valence-corrected chi connectivity index (χ1v) is 12.8. The van der Waals surface area contributed by atoms with Gasteiger partial charge in [0.2, 0.25) is 0 Å². The molecule has 0 atom stereocenters. The summed E-state index contributed by atoms with van der Waals surface area (Å²) in [6, 6.07) is 12.6. The number of likely N-dealkylation sites (tertiary alicyclic amines) is 1. The van der Waals surface area contributed by atoms with Crippen LogP contribution in [0.2, 0.25) is 0 Å². The van der Waals surface area contributed by atoms with Gasteiger partial charge in [-0.3, -0.25) is 4.72 Å². The van der Waals surface area contributed by atoms with Crippen molar-refractivity contribution in [3.05, 3.63) is 65.7 Å². The van der Waals surface area contributed by atoms with Crippen molar-refractivity contribution in [2.45, 2.75) is 30.1 Å². The van der Waals surface area contributed by atoms with Gasteiger partial charge >= 0.3 is 12.3 Å². The Balaban J connectivity index is 1.43. The third-order valence-electron chi connectivity index (χ3n) is 6.71. The fraction of sp³-hybridized carbons (Fsp3) is 0.292. The minimum absolute atomic E-state index is 0.231. The lowest BCUT2D eigenvalue weighted by Crippen LogP contribution is -2.78. The molecule has 2 saturated heterocycles. The zero-order valence-electron chi connectivity index (χ0n) is 19.5. The van der Waals surface area contributed by atoms with Crippen LogP contribution in [-0.2, 0) is 16.2 Å². The number of nitrogens with one attached hydrogen (secondary N) is 1. The molecule has 2 aromatic heterocycles. The van der Waals surface area contributed by atoms with Crippen molar-refractivity contribution < 1.29 is 31.5 Å². The lowest BCUT2D eigenvalue weighted by Gasteiger charge is -2.62. The van der Waals surface area contributed by atoms with Crippen LogP contribution in [0, 0.1) is 6.92 Å². The number of halogens is 3. The van der Waals surface area contributed by atoms with E-state index in [1.807, 2.05) is 4.90 Å². The fourth-order valence-corrected chi connectivity index (χ4v) is 5.67. The van der Waals surface area contributed by atoms with E-state index in [0.29, 0.717) is 31.0 Å². The molecule has 2 aliphatic rings. The molecule has 1 spiro atoms. The zero-order chi connectivity index (χ0) is 26.6. The zero-order valence-corrected chi connectivity index (χ0v) is 20.3. The predicted octanol–water partition coefficient (Wildman–Crippen LogP) is 4.21. The van der Waals surface area contributed by atoms with Gasteiger partial charge in [0.25, 0.3) is 10.0 Å². The van der Waals surface area contributed by atoms with Crippen LogP contribution in [0.15, 0.2) is 59.6 Å². The SMILES string of the molecule is Cc1ccccc1-c1nc(NS(=O)(=O)c2cccc(N3CCC34CN(C(=O)O)C4)n2)ccc1C(F)(F)F. The molecule has 0 saturated carbocycles. The molecule has 0 aliphatic carbocycles. The summed E-state index contributed by atoms with van der Waals surface area (Å²) in [6.07, 6.45) is -4.95. The number of anilines is 2. The van der Waals surface area contributed by atoms with Gasteiger partial charge in [0.05, 0.1) is 16.8 Å². The van der Waals surface area contributed by atoms with E-state index in [4.69, 9.17) is 5.11 Å². The summed E-state index contributed by atoms with van der Waals surface area (Å²) in [5.74, 6) is 0.0927. The van der Waals surface area contributed by atoms with Crippen molar-refractivity contribution >= 4 is 27.8 Å². The van der Waals surface area contributed by atoms with Crippen LogP contribution in [0.25, 0.3) is 11.3 Å². The summed E-state index contributed by atoms with van der Waals surface area (Å²) >= 11 is 0. The number of rotatable bonds is 5. The second-order valence-corrected chi connectivity index (χ2v) is 10.7. The largest absolute Gasteiger partial charge is 0.465 e. The third-order valence-corrected chi connectivity index (χ3v) is 7.97. The molecule has 3 aromatic rings. The van der Waals surface area contributed by atoms with Gasteiger partial charge in [-0.25, -0.2) is 14.8 Å². The Hall–Kier alpha value is -3.87. The first-order chi connectivity index (χ1) is 17.4. The molecule has 2 N–H and O–H groups in total. The van der Waals surface area contributed by atoms with Gasteiger partial charge in [0, 0.05) is 25.2 Å². The highest BCUT2D eigenvalue weighted by molar-refractivity contribution is 7.92. The maximum atomic E-state index is 13.7. The molecule has 5 rings (SSSR count). The number of hydrogen-bond donors (Lipinski definition) is 2. The molecular weight excluding hydrogens is 511 g/mol. The van der Waals surface area contributed by atoms with E-state index < -0.39 is 33.4 Å². The molecule has 9 nitrogen and oxygen atoms in total. The van der Waals surface area contributed by atoms with Crippen molar-refractivity contribution in [1.29, 1.82) is 0 Å². The Kier molecular flexibility index (Phi) is 5.77. The second kappa shape index (κ2) is 8.61. The highest BCUT2D eigenvalue weighted by Crippen LogP contribution is 2.42. The Labute approximate surface area is 210 Å². The summed E-state index contributed by atoms with van der Waals surface area (Å²) in [5, 5.41) is 8.81. The lowest BCUT2D eigenvalue weighted by molar-refractivity contribution is -0.137. The number of nitrogens with zero attached hydrogens (tertiary/aromatic N) is 4. The molecule has 0 radical (unpaired) electrons. The summed E-state index contributed by atoms with van der Waals surface area (Å²) in [5.41, 5.74) is -0.990. The van der Waals surface area contributed by atoms with E-state index in [1.165, 1.54) is 23.1 Å². The number of alkyl halides is 3. The molecule has 194 valence electrons. The standard InChI is InChI=1S/C24H22F3N5O4S/c1-15-5-2-3-6-16(15)21-17(24(25,26)27)9-10-18(28-21)30-37(35,36)20-8-4-7-19(29-20)32-12-11-23(32)13-31(14-23)22(33)34/h2-10H,11-14H2,1H3,(H,28,30)(H,33,34). The van der Waals surface area contributed by atoms with E-state index in [9.17, 15) is 26.4 Å². The number of aryl methyl sites for hydroxylation is 1. The normalized spacial score (nSPS) is 16.8. The molecule has 2 fully saturated rings. The quantitative estimate of drug-likeness (QED) is 0.505. The van der Waals surface area contributed by atoms with Gasteiger partial charge in [0.1, 0.15) is 11.6 Å². The molecule has 0 bridgehead atoms. The Morgan fingerprint density at radius 2 is 1.78 bits per heavy atom. The number of carbonyl (C=O) groups is 1. The van der Waals surface area contributed by atoms with Crippen LogP contribution in [-0.4, -0.2) is 59.7 Å². The smallest absolute Gasteiger partial charge is 0.418 e. The number of pyridine rings is 2. The summed E-state index contributed by atoms with van der Waals surface area (Å²) in [4.78, 5) is 22.6. The van der Waals surface area contributed by atoms with Gasteiger partial charge in [-0.1, -0.05) is 30.3 Å². The monoisotopic (exact) mass is 533 g/mol. The topological polar surface area (TPSA) is 116 Å². The van der Waals surface area contributed by atoms with Crippen LogP contribution < -0.4 is 9.62 Å². The van der Waals surface area contributed by atoms with E-state index in [1.54, 1.807) is 31.2 Å². The Morgan fingerprint density at radius 1 is 1.05 bits per heavy atom. The number of benzene rings is 1. The van der Waals surface area contributed by atoms with Crippen molar-refractivity contribution in [2.24, 2.45) is 0 Å². The fourth-order valence-electron chi connectivity index (χ4n) is 4.71. The van der Waals surface area contributed by atoms with Crippen LogP contribution in [0.4, 0.5) is 29.6 Å². The van der Waals surface area contributed by atoms with Gasteiger partial charge in [0.15, 0.2) is 5.03 Å². The van der Waals surface area contributed by atoms with E-state index in [-0.39, 0.29) is 22.1 Å². The maximum absolute atomic E-state index is 13.7. The second-order valence-electron chi connectivity index (χ2n) is 9.11. The molecule has 0 unspecified atom stereocenters. The predicted molar refractivity (Wildman–Crippen MR) is 129 cm³/mol. The molecule has 4 heterocycles. The van der Waals surface area contributed by atoms with Gasteiger partial charge in [-0.15, -0.1) is 0 Å². The molecular formula is C24H22F3N5O4S. The third kappa shape index (κ3) is 4.43. The Bertz CT molecular complexity index is 1490. The summed E-state index contributed by atoms with van der Waals surface area (Å²) < 4.78 is 69.6. The van der Waals surface area contributed by atoms with Gasteiger partial charge < -0.3 is 14.9 Å². The van der Waals surface area contributed by atoms with Crippen molar-refractivity contribution in [3.63, 3.8) is 0 Å². The van der Waals surface area contributed by atoms with Gasteiger partial charge in [-0.05, 0) is 43.2 Å². The molecule has 13 heteroatoms. The van der Waals surface area contributed by atoms with Crippen molar-refractivity contribution in [2.75, 3.05) is 29.3 Å². The average Bonchev–Trinajstić information content (AvgIpc) is 2.77. The molecule has 1 amide bonds. The van der Waals surface area contributed by atoms with Crippen LogP contribution in [0.1, 0.15) is 17.5 Å². The number of aromatic nitrogens is 2. The minimum atomic E-state index is -4.69. The maximum Gasteiger partial charge on any atom is 0.418 e. The van der Waals surface area contributed by atoms with E-state index in [0.717, 1.165) is 18.6 Å². The van der Waals surface area contributed by atoms with Crippen LogP contribution in [0.5, 0.6) is 0 Å². The van der Waals surface area contributed by atoms with Crippen molar-refractivity contribution in [1.82, 2.24) is 14.9 Å². The average molecular weight is 534 g/mol. The van der Waals surface area contributed by atoms with Gasteiger partial charge in [-0.2, -0.15) is 21.6 Å². The highest BCUT2D eigenvalue weighted by Gasteiger charge is 2.55. The Morgan fingerprint density at radius 3 is 2.41 bits per heavy atom. The highest BCUT2D eigenvalue weighted by atomic mass is 32.2. The summed E-state index contributed by atoms with van der Waals surface area (Å²) in [6.45, 7) is 2.84. The number of amides is 1.